The Bertz CT molecular complexity index is 4060. The van der Waals surface area contributed by atoms with Crippen molar-refractivity contribution in [3.8, 4) is 22.3 Å². The van der Waals surface area contributed by atoms with Crippen LogP contribution in [0.1, 0.15) is 26.3 Å². The lowest BCUT2D eigenvalue weighted by Crippen LogP contribution is -2.72. The van der Waals surface area contributed by atoms with Crippen molar-refractivity contribution in [2.24, 2.45) is 0 Å². The molecule has 2 nitrogen and oxygen atoms in total. The first-order chi connectivity index (χ1) is 37.3. The van der Waals surface area contributed by atoms with Crippen molar-refractivity contribution in [3.05, 3.63) is 272 Å². The molecule has 0 fully saturated rings. The Labute approximate surface area is 447 Å². The summed E-state index contributed by atoms with van der Waals surface area (Å²) >= 11 is 0. The third-order valence-corrected chi connectivity index (χ3v) is 27.0. The van der Waals surface area contributed by atoms with Crippen LogP contribution < -0.4 is 67.7 Å². The van der Waals surface area contributed by atoms with Crippen molar-refractivity contribution >= 4 is 115 Å². The summed E-state index contributed by atoms with van der Waals surface area (Å²) in [4.78, 5) is 4.72. The van der Waals surface area contributed by atoms with Gasteiger partial charge >= 0.3 is 0 Å². The maximum Gasteiger partial charge on any atom is 0.252 e. The van der Waals surface area contributed by atoms with Crippen molar-refractivity contribution in [2.45, 2.75) is 26.2 Å². The van der Waals surface area contributed by atoms with Gasteiger partial charge in [0.15, 0.2) is 16.1 Å². The molecule has 0 aliphatic carbocycles. The molecule has 0 bridgehead atoms. The van der Waals surface area contributed by atoms with Crippen LogP contribution in [-0.2, 0) is 5.41 Å². The molecule has 0 N–H and O–H groups in total. The Morgan fingerprint density at radius 3 is 1.29 bits per heavy atom. The van der Waals surface area contributed by atoms with Crippen molar-refractivity contribution < 1.29 is 4.39 Å². The summed E-state index contributed by atoms with van der Waals surface area (Å²) in [6, 6.07) is 96.7. The second-order valence-electron chi connectivity index (χ2n) is 22.0. The van der Waals surface area contributed by atoms with E-state index in [-0.39, 0.29) is 17.9 Å². The maximum atomic E-state index is 18.1. The van der Waals surface area contributed by atoms with Crippen molar-refractivity contribution in [2.75, 3.05) is 9.80 Å². The summed E-state index contributed by atoms with van der Waals surface area (Å²) in [6.07, 6.45) is 0. The lowest BCUT2D eigenvalue weighted by molar-refractivity contribution is 0.591. The highest BCUT2D eigenvalue weighted by molar-refractivity contribution is 7.23. The molecule has 4 heterocycles. The van der Waals surface area contributed by atoms with Gasteiger partial charge in [0.25, 0.3) is 6.71 Å². The molecule has 11 aromatic rings. The minimum Gasteiger partial charge on any atom is -0.311 e. The first-order valence-electron chi connectivity index (χ1n) is 26.6. The fourth-order valence-electron chi connectivity index (χ4n) is 14.1. The molecule has 0 spiro atoms. The molecule has 360 valence electrons. The average Bonchev–Trinajstić information content (AvgIpc) is 4.14. The van der Waals surface area contributed by atoms with E-state index in [0.29, 0.717) is 5.69 Å². The molecule has 0 unspecified atom stereocenters. The minimum atomic E-state index is -2.88. The Kier molecular flexibility index (Phi) is 9.88. The molecule has 76 heavy (non-hydrogen) atoms. The highest BCUT2D eigenvalue weighted by atomic mass is 28.3. The quantitative estimate of drug-likeness (QED) is 0.153. The number of halogens is 1. The molecule has 0 radical (unpaired) electrons. The zero-order valence-electron chi connectivity index (χ0n) is 42.7. The molecule has 0 amide bonds. The van der Waals surface area contributed by atoms with Crippen molar-refractivity contribution in [1.82, 2.24) is 0 Å². The Balaban J connectivity index is 0.998. The standard InChI is InChI=1S/C70H52BFN2Si2/c1-70(2,3)47-36-42-62-59(44-47)71-58-32-18-19-33-61(58)74(49-38-40-57-55-31-17-21-35-65(55)76(67(57)46-49,52-26-12-6-13-27-52)53-28-14-7-15-29-53)69-60(72)41-43-63(68(69)71)73(62)48-37-39-56-54-30-16-20-34-64(54)75(66(56)45-48,50-22-8-4-9-23-50)51-24-10-5-11-25-51/h4-46H,1-3H3. The Morgan fingerprint density at radius 1 is 0.355 bits per heavy atom. The van der Waals surface area contributed by atoms with E-state index < -0.39 is 16.1 Å². The van der Waals surface area contributed by atoms with Gasteiger partial charge in [0.05, 0.1) is 5.69 Å². The molecule has 0 saturated carbocycles. The predicted molar refractivity (Wildman–Crippen MR) is 324 cm³/mol. The van der Waals surface area contributed by atoms with Crippen LogP contribution in [0.5, 0.6) is 0 Å². The monoisotopic (exact) mass is 1010 g/mol. The van der Waals surface area contributed by atoms with Crippen LogP contribution in [0, 0.1) is 5.82 Å². The summed E-state index contributed by atoms with van der Waals surface area (Å²) in [7, 11) is -5.74. The van der Waals surface area contributed by atoms with Gasteiger partial charge in [-0.1, -0.05) is 233 Å². The summed E-state index contributed by atoms with van der Waals surface area (Å²) in [5.74, 6) is -0.240. The summed E-state index contributed by atoms with van der Waals surface area (Å²) in [5.41, 5.74) is 15.3. The molecule has 0 saturated heterocycles. The largest absolute Gasteiger partial charge is 0.311 e. The van der Waals surface area contributed by atoms with Gasteiger partial charge < -0.3 is 9.80 Å². The van der Waals surface area contributed by atoms with Gasteiger partial charge in [-0.25, -0.2) is 4.39 Å². The van der Waals surface area contributed by atoms with E-state index in [1.165, 1.54) is 74.8 Å². The molecule has 4 aliphatic heterocycles. The van der Waals surface area contributed by atoms with E-state index in [1.807, 2.05) is 0 Å². The van der Waals surface area contributed by atoms with Crippen LogP contribution in [0.2, 0.25) is 0 Å². The predicted octanol–water partition coefficient (Wildman–Crippen LogP) is 9.92. The number of fused-ring (bicyclic) bond motifs is 10. The maximum absolute atomic E-state index is 18.1. The lowest BCUT2D eigenvalue weighted by atomic mass is 9.33. The van der Waals surface area contributed by atoms with Gasteiger partial charge in [0.1, 0.15) is 5.82 Å². The van der Waals surface area contributed by atoms with Gasteiger partial charge in [-0.15, -0.1) is 0 Å². The summed E-state index contributed by atoms with van der Waals surface area (Å²) in [5, 5.41) is 10.8. The van der Waals surface area contributed by atoms with Crippen LogP contribution in [0.4, 0.5) is 38.5 Å². The lowest BCUT2D eigenvalue weighted by Gasteiger charge is -2.45. The van der Waals surface area contributed by atoms with Crippen LogP contribution in [0.3, 0.4) is 0 Å². The van der Waals surface area contributed by atoms with E-state index in [1.54, 1.807) is 6.07 Å². The van der Waals surface area contributed by atoms with Crippen molar-refractivity contribution in [3.63, 3.8) is 0 Å². The summed E-state index contributed by atoms with van der Waals surface area (Å²) in [6.45, 7) is 6.64. The third kappa shape index (κ3) is 6.14. The van der Waals surface area contributed by atoms with Gasteiger partial charge in [-0.2, -0.15) is 0 Å². The molecule has 0 aromatic heterocycles. The van der Waals surface area contributed by atoms with Crippen LogP contribution >= 0.6 is 0 Å². The third-order valence-electron chi connectivity index (χ3n) is 17.2. The number of benzene rings is 11. The fourth-order valence-corrected chi connectivity index (χ4v) is 24.5. The smallest absolute Gasteiger partial charge is 0.252 e. The number of para-hydroxylation sites is 1. The molecular weight excluding hydrogens is 955 g/mol. The van der Waals surface area contributed by atoms with Crippen LogP contribution in [-0.4, -0.2) is 22.9 Å². The minimum absolute atomic E-state index is 0.128. The molecule has 0 atom stereocenters. The second-order valence-corrected chi connectivity index (χ2v) is 29.5. The molecular formula is C70H52BFN2Si2. The average molecular weight is 1010 g/mol. The van der Waals surface area contributed by atoms with Gasteiger partial charge in [0.2, 0.25) is 0 Å². The fraction of sp³-hybridized carbons (Fsp3) is 0.0571. The Morgan fingerprint density at radius 2 is 0.776 bits per heavy atom. The van der Waals surface area contributed by atoms with Gasteiger partial charge in [-0.3, -0.25) is 0 Å². The zero-order chi connectivity index (χ0) is 50.9. The number of anilines is 6. The molecule has 15 rings (SSSR count). The normalized spacial score (nSPS) is 14.7. The van der Waals surface area contributed by atoms with Gasteiger partial charge in [-0.05, 0) is 140 Å². The number of nitrogens with zero attached hydrogens (tertiary/aromatic N) is 2. The molecule has 4 aliphatic rings. The summed E-state index contributed by atoms with van der Waals surface area (Å²) < 4.78 is 18.1. The first kappa shape index (κ1) is 44.9. The number of rotatable bonds is 6. The van der Waals surface area contributed by atoms with E-state index in [0.717, 1.165) is 39.4 Å². The van der Waals surface area contributed by atoms with E-state index in [2.05, 4.69) is 285 Å². The first-order valence-corrected chi connectivity index (χ1v) is 30.6. The highest BCUT2D eigenvalue weighted by Gasteiger charge is 2.52. The van der Waals surface area contributed by atoms with Crippen LogP contribution in [0.15, 0.2) is 261 Å². The topological polar surface area (TPSA) is 6.48 Å². The van der Waals surface area contributed by atoms with E-state index >= 15 is 4.39 Å². The second kappa shape index (κ2) is 16.7. The van der Waals surface area contributed by atoms with Crippen LogP contribution in [0.25, 0.3) is 22.3 Å². The number of hydrogen-bond acceptors (Lipinski definition) is 2. The Hall–Kier alpha value is -8.55. The van der Waals surface area contributed by atoms with E-state index in [9.17, 15) is 0 Å². The molecule has 6 heteroatoms. The van der Waals surface area contributed by atoms with Gasteiger partial charge in [0, 0.05) is 28.4 Å². The SMILES string of the molecule is CC(C)(C)c1ccc2c(c1)B1c3ccccc3N(c3ccc4c(c3)[Si](c3ccccc3)(c3ccccc3)c3ccccc3-4)c3c(F)ccc(c31)N2c1ccc2c(c1)[Si](c1ccccc1)(c1ccccc1)c1ccccc1-2. The highest BCUT2D eigenvalue weighted by Crippen LogP contribution is 2.47. The van der Waals surface area contributed by atoms with E-state index in [4.69, 9.17) is 0 Å². The zero-order valence-corrected chi connectivity index (χ0v) is 44.7. The molecule has 11 aromatic carbocycles. The van der Waals surface area contributed by atoms with Crippen molar-refractivity contribution in [1.29, 1.82) is 0 Å². The number of hydrogen-bond donors (Lipinski definition) is 0.